The average Bonchev–Trinajstić information content (AvgIpc) is 3.11. The molecule has 0 unspecified atom stereocenters. The van der Waals surface area contributed by atoms with Gasteiger partial charge in [-0.25, -0.2) is 4.98 Å². The molecule has 0 aliphatic heterocycles. The quantitative estimate of drug-likeness (QED) is 0.493. The predicted molar refractivity (Wildman–Crippen MR) is 122 cm³/mol. The van der Waals surface area contributed by atoms with Gasteiger partial charge in [0.1, 0.15) is 0 Å². The third kappa shape index (κ3) is 4.75. The summed E-state index contributed by atoms with van der Waals surface area (Å²) in [5.41, 5.74) is 3.93. The zero-order valence-corrected chi connectivity index (χ0v) is 17.8. The maximum Gasteiger partial charge on any atom is 0.299 e. The van der Waals surface area contributed by atoms with E-state index in [1.807, 2.05) is 55.5 Å². The number of oxazole rings is 1. The van der Waals surface area contributed by atoms with E-state index in [0.29, 0.717) is 29.5 Å². The smallest absolute Gasteiger partial charge is 0.299 e. The van der Waals surface area contributed by atoms with E-state index in [4.69, 9.17) is 4.42 Å². The fourth-order valence-corrected chi connectivity index (χ4v) is 3.21. The second-order valence-electron chi connectivity index (χ2n) is 6.72. The van der Waals surface area contributed by atoms with Crippen LogP contribution in [0.15, 0.2) is 87.7 Å². The third-order valence-electron chi connectivity index (χ3n) is 4.52. The number of pyridine rings is 1. The fourth-order valence-electron chi connectivity index (χ4n) is 2.89. The zero-order valence-electron chi connectivity index (χ0n) is 16.2. The zero-order chi connectivity index (χ0) is 20.9. The van der Waals surface area contributed by atoms with Gasteiger partial charge in [0.25, 0.3) is 11.9 Å². The topological polar surface area (TPSA) is 80.0 Å². The highest BCUT2D eigenvalue weighted by atomic mass is 79.9. The molecule has 3 aromatic rings. The normalized spacial score (nSPS) is 13.3. The first kappa shape index (κ1) is 19.8. The number of nitrogens with one attached hydrogen (secondary N) is 2. The number of hydrogen-bond donors (Lipinski definition) is 2. The van der Waals surface area contributed by atoms with Crippen LogP contribution in [0, 0.1) is 6.92 Å². The van der Waals surface area contributed by atoms with E-state index in [-0.39, 0.29) is 5.91 Å². The Kier molecular flexibility index (Phi) is 5.90. The van der Waals surface area contributed by atoms with Gasteiger partial charge in [-0.3, -0.25) is 9.78 Å². The number of aromatic nitrogens is 2. The number of rotatable bonds is 5. The van der Waals surface area contributed by atoms with Crippen LogP contribution in [-0.4, -0.2) is 15.9 Å². The van der Waals surface area contributed by atoms with Crippen molar-refractivity contribution < 1.29 is 9.21 Å². The van der Waals surface area contributed by atoms with Crippen molar-refractivity contribution in [1.82, 2.24) is 9.97 Å². The lowest BCUT2D eigenvalue weighted by molar-refractivity contribution is -0.112. The van der Waals surface area contributed by atoms with Crippen LogP contribution in [0.1, 0.15) is 12.0 Å². The predicted octanol–water partition coefficient (Wildman–Crippen LogP) is 5.89. The van der Waals surface area contributed by atoms with Crippen LogP contribution in [0.3, 0.4) is 0 Å². The van der Waals surface area contributed by atoms with Gasteiger partial charge >= 0.3 is 0 Å². The van der Waals surface area contributed by atoms with Gasteiger partial charge in [-0.15, -0.1) is 0 Å². The van der Waals surface area contributed by atoms with Crippen LogP contribution in [0.4, 0.5) is 17.4 Å². The molecule has 0 bridgehead atoms. The van der Waals surface area contributed by atoms with E-state index >= 15 is 0 Å². The number of hydrogen-bond acceptors (Lipinski definition) is 5. The molecule has 30 heavy (non-hydrogen) atoms. The number of halogens is 1. The van der Waals surface area contributed by atoms with Gasteiger partial charge in [0, 0.05) is 34.9 Å². The van der Waals surface area contributed by atoms with Crippen molar-refractivity contribution in [3.63, 3.8) is 0 Å². The maximum absolute atomic E-state index is 12.6. The molecular weight excluding hydrogens is 444 g/mol. The van der Waals surface area contributed by atoms with Crippen LogP contribution < -0.4 is 10.6 Å². The molecule has 150 valence electrons. The first-order chi connectivity index (χ1) is 14.6. The number of allylic oxidation sites excluding steroid dienone is 4. The van der Waals surface area contributed by atoms with E-state index in [2.05, 4.69) is 36.5 Å². The second kappa shape index (κ2) is 8.92. The average molecular weight is 463 g/mol. The molecule has 0 atom stereocenters. The summed E-state index contributed by atoms with van der Waals surface area (Å²) in [6.07, 6.45) is 13.2. The van der Waals surface area contributed by atoms with Crippen molar-refractivity contribution in [2.24, 2.45) is 0 Å². The number of anilines is 3. The molecule has 2 heterocycles. The molecule has 0 radical (unpaired) electrons. The highest BCUT2D eigenvalue weighted by molar-refractivity contribution is 9.11. The van der Waals surface area contributed by atoms with Crippen LogP contribution in [-0.2, 0) is 4.79 Å². The molecule has 1 aliphatic carbocycles. The van der Waals surface area contributed by atoms with Crippen LogP contribution in [0.25, 0.3) is 11.3 Å². The van der Waals surface area contributed by atoms with E-state index in [0.717, 1.165) is 21.3 Å². The van der Waals surface area contributed by atoms with Gasteiger partial charge in [0.15, 0.2) is 5.76 Å². The molecule has 2 aromatic heterocycles. The highest BCUT2D eigenvalue weighted by Gasteiger charge is 2.11. The molecule has 0 spiro atoms. The van der Waals surface area contributed by atoms with Crippen molar-refractivity contribution in [2.75, 3.05) is 10.6 Å². The molecule has 1 aromatic carbocycles. The summed E-state index contributed by atoms with van der Waals surface area (Å²) >= 11 is 3.45. The Bertz CT molecular complexity index is 1160. The van der Waals surface area contributed by atoms with E-state index in [9.17, 15) is 4.79 Å². The summed E-state index contributed by atoms with van der Waals surface area (Å²) < 4.78 is 6.82. The Morgan fingerprint density at radius 2 is 2.13 bits per heavy atom. The minimum absolute atomic E-state index is 0.161. The lowest BCUT2D eigenvalue weighted by Crippen LogP contribution is -2.13. The lowest BCUT2D eigenvalue weighted by atomic mass is 10.1. The molecule has 0 saturated heterocycles. The number of aryl methyl sites for hydroxylation is 1. The molecule has 1 amide bonds. The number of benzene rings is 1. The Hall–Kier alpha value is -3.45. The van der Waals surface area contributed by atoms with Crippen LogP contribution >= 0.6 is 15.9 Å². The van der Waals surface area contributed by atoms with Crippen molar-refractivity contribution in [3.8, 4) is 11.3 Å². The lowest BCUT2D eigenvalue weighted by Gasteiger charge is -2.11. The second-order valence-corrected chi connectivity index (χ2v) is 7.73. The summed E-state index contributed by atoms with van der Waals surface area (Å²) in [6.45, 7) is 1.97. The summed E-state index contributed by atoms with van der Waals surface area (Å²) in [6, 6.07) is 9.77. The monoisotopic (exact) mass is 462 g/mol. The highest BCUT2D eigenvalue weighted by Crippen LogP contribution is 2.27. The van der Waals surface area contributed by atoms with Crippen molar-refractivity contribution in [1.29, 1.82) is 0 Å². The van der Waals surface area contributed by atoms with E-state index in [1.165, 1.54) is 0 Å². The largest absolute Gasteiger partial charge is 0.423 e. The Morgan fingerprint density at radius 3 is 2.97 bits per heavy atom. The first-order valence-electron chi connectivity index (χ1n) is 9.36. The molecule has 7 heteroatoms. The Labute approximate surface area is 182 Å². The van der Waals surface area contributed by atoms with Crippen molar-refractivity contribution in [3.05, 3.63) is 88.8 Å². The van der Waals surface area contributed by atoms with Crippen molar-refractivity contribution in [2.45, 2.75) is 13.3 Å². The Morgan fingerprint density at radius 1 is 1.23 bits per heavy atom. The van der Waals surface area contributed by atoms with E-state index in [1.54, 1.807) is 24.7 Å². The molecular formula is C23H19BrN4O2. The molecule has 4 rings (SSSR count). The third-order valence-corrected chi connectivity index (χ3v) is 5.11. The first-order valence-corrected chi connectivity index (χ1v) is 10.2. The number of carbonyl (C=O) groups is 1. The number of carbonyl (C=O) groups excluding carboxylic acids is 1. The van der Waals surface area contributed by atoms with E-state index < -0.39 is 0 Å². The SMILES string of the molecule is Cc1ccc(NC(=O)C2=CCC(Br)=CC=C2)cc1Nc1ncc(-c2cccnc2)o1. The summed E-state index contributed by atoms with van der Waals surface area (Å²) in [4.78, 5) is 21.0. The number of nitrogens with zero attached hydrogens (tertiary/aromatic N) is 2. The maximum atomic E-state index is 12.6. The number of amides is 1. The van der Waals surface area contributed by atoms with Gasteiger partial charge in [-0.2, -0.15) is 0 Å². The summed E-state index contributed by atoms with van der Waals surface area (Å²) in [5, 5.41) is 6.12. The summed E-state index contributed by atoms with van der Waals surface area (Å²) in [7, 11) is 0. The molecule has 1 aliphatic rings. The van der Waals surface area contributed by atoms with Gasteiger partial charge in [-0.05, 0) is 53.7 Å². The Balaban J connectivity index is 1.49. The minimum Gasteiger partial charge on any atom is -0.423 e. The van der Waals surface area contributed by atoms with Gasteiger partial charge in [-0.1, -0.05) is 40.2 Å². The van der Waals surface area contributed by atoms with Gasteiger partial charge < -0.3 is 15.1 Å². The molecule has 0 fully saturated rings. The fraction of sp³-hybridized carbons (Fsp3) is 0.0870. The summed E-state index contributed by atoms with van der Waals surface area (Å²) in [5.74, 6) is 0.464. The van der Waals surface area contributed by atoms with Gasteiger partial charge in [0.2, 0.25) is 0 Å². The van der Waals surface area contributed by atoms with Crippen LogP contribution in [0.2, 0.25) is 0 Å². The molecule has 0 saturated carbocycles. The minimum atomic E-state index is -0.161. The van der Waals surface area contributed by atoms with Crippen LogP contribution in [0.5, 0.6) is 0 Å². The standard InChI is InChI=1S/C23H19BrN4O2/c1-15-7-10-19(27-22(29)16-4-2-6-18(24)9-8-16)12-20(15)28-23-26-14-21(30-23)17-5-3-11-25-13-17/h2-8,10-14H,9H2,1H3,(H,26,28)(H,27,29). The van der Waals surface area contributed by atoms with Gasteiger partial charge in [0.05, 0.1) is 6.20 Å². The van der Waals surface area contributed by atoms with Crippen molar-refractivity contribution >= 4 is 39.2 Å². The molecule has 6 nitrogen and oxygen atoms in total. The molecule has 2 N–H and O–H groups in total.